The molecule has 0 unspecified atom stereocenters. The number of aromatic nitrogens is 1. The van der Waals surface area contributed by atoms with Crippen LogP contribution in [0.2, 0.25) is 10.0 Å². The second kappa shape index (κ2) is 8.55. The van der Waals surface area contributed by atoms with E-state index in [1.165, 1.54) is 16.7 Å². The van der Waals surface area contributed by atoms with Crippen molar-refractivity contribution < 1.29 is 34.7 Å². The molecule has 2 aromatic carbocycles. The van der Waals surface area contributed by atoms with Crippen molar-refractivity contribution in [3.05, 3.63) is 63.5 Å². The number of halogens is 3. The summed E-state index contributed by atoms with van der Waals surface area (Å²) >= 11 is 12.8. The van der Waals surface area contributed by atoms with Crippen molar-refractivity contribution >= 4 is 34.1 Å². The number of aromatic hydroxyl groups is 1. The van der Waals surface area contributed by atoms with Crippen LogP contribution >= 0.6 is 23.2 Å². The van der Waals surface area contributed by atoms with Gasteiger partial charge < -0.3 is 34.8 Å². The smallest absolute Gasteiger partial charge is 0.163 e. The van der Waals surface area contributed by atoms with E-state index < -0.39 is 43.1 Å². The lowest BCUT2D eigenvalue weighted by molar-refractivity contribution is -0.250. The summed E-state index contributed by atoms with van der Waals surface area (Å²) in [6.07, 6.45) is -5.29. The molecule has 0 bridgehead atoms. The number of ether oxygens (including phenoxy) is 1. The maximum Gasteiger partial charge on any atom is 0.163 e. The van der Waals surface area contributed by atoms with E-state index in [1.807, 2.05) is 0 Å². The van der Waals surface area contributed by atoms with Crippen molar-refractivity contribution in [2.45, 2.75) is 37.1 Å². The molecule has 5 atom stereocenters. The Kier molecular flexibility index (Phi) is 6.15. The van der Waals surface area contributed by atoms with Crippen LogP contribution in [0, 0.1) is 5.82 Å². The molecule has 0 radical (unpaired) electrons. The van der Waals surface area contributed by atoms with Gasteiger partial charge in [-0.05, 0) is 29.3 Å². The topological polar surface area (TPSA) is 115 Å². The lowest BCUT2D eigenvalue weighted by Crippen LogP contribution is -2.56. The largest absolute Gasteiger partial charge is 0.508 e. The molecule has 0 amide bonds. The van der Waals surface area contributed by atoms with Gasteiger partial charge in [-0.25, -0.2) is 4.39 Å². The van der Waals surface area contributed by atoms with E-state index >= 15 is 0 Å². The van der Waals surface area contributed by atoms with E-state index in [2.05, 4.69) is 0 Å². The number of hydrogen-bond donors (Lipinski definition) is 5. The molecule has 1 saturated heterocycles. The first-order valence-corrected chi connectivity index (χ1v) is 10.2. The second-order valence-electron chi connectivity index (χ2n) is 7.49. The van der Waals surface area contributed by atoms with Gasteiger partial charge in [0.15, 0.2) is 6.23 Å². The third-order valence-electron chi connectivity index (χ3n) is 5.51. The SMILES string of the molecule is OC[C@H]1O[C@@H](n2cc(Cc3ccc(O)cc3F)c3c(Cl)ccc(Cl)c32)[C@H](O)[C@@H](O)[C@@H]1O. The van der Waals surface area contributed by atoms with E-state index in [9.17, 15) is 29.9 Å². The maximum absolute atomic E-state index is 14.4. The van der Waals surface area contributed by atoms with E-state index in [0.717, 1.165) is 6.07 Å². The monoisotopic (exact) mass is 471 g/mol. The van der Waals surface area contributed by atoms with Crippen molar-refractivity contribution in [2.24, 2.45) is 0 Å². The van der Waals surface area contributed by atoms with Gasteiger partial charge in [-0.2, -0.15) is 0 Å². The standard InChI is InChI=1S/C21H20Cl2FNO6/c22-12-3-4-13(23)17-16(12)10(5-9-1-2-11(27)6-14(9)24)7-25(17)21-20(30)19(29)18(28)15(8-26)31-21/h1-4,6-7,15,18-21,26-30H,5,8H2/t15-,18-,19+,20-,21-/m1/s1. The van der Waals surface area contributed by atoms with Crippen LogP contribution in [0.15, 0.2) is 36.5 Å². The van der Waals surface area contributed by atoms with Crippen molar-refractivity contribution in [2.75, 3.05) is 6.61 Å². The average Bonchev–Trinajstić information content (AvgIpc) is 3.11. The number of hydrogen-bond acceptors (Lipinski definition) is 6. The normalized spacial score (nSPS) is 26.5. The molecule has 3 aromatic rings. The molecule has 2 heterocycles. The number of benzene rings is 2. The molecule has 1 aromatic heterocycles. The minimum atomic E-state index is -1.58. The van der Waals surface area contributed by atoms with Gasteiger partial charge in [-0.3, -0.25) is 0 Å². The van der Waals surface area contributed by atoms with Crippen LogP contribution in [0.4, 0.5) is 4.39 Å². The van der Waals surface area contributed by atoms with Gasteiger partial charge in [0.1, 0.15) is 36.0 Å². The molecule has 1 aliphatic heterocycles. The Balaban J connectivity index is 1.86. The molecule has 1 aliphatic rings. The summed E-state index contributed by atoms with van der Waals surface area (Å²) in [5.74, 6) is -0.807. The molecule has 10 heteroatoms. The van der Waals surface area contributed by atoms with Crippen LogP contribution in [0.3, 0.4) is 0 Å². The van der Waals surface area contributed by atoms with E-state index in [0.29, 0.717) is 27.1 Å². The molecular formula is C21H20Cl2FNO6. The van der Waals surface area contributed by atoms with Crippen LogP contribution in [0.25, 0.3) is 10.9 Å². The molecule has 31 heavy (non-hydrogen) atoms. The van der Waals surface area contributed by atoms with Gasteiger partial charge in [0, 0.05) is 24.1 Å². The first-order valence-electron chi connectivity index (χ1n) is 9.48. The van der Waals surface area contributed by atoms with E-state index in [-0.39, 0.29) is 17.2 Å². The van der Waals surface area contributed by atoms with Crippen molar-refractivity contribution in [3.63, 3.8) is 0 Å². The number of aliphatic hydroxyl groups is 4. The van der Waals surface area contributed by atoms with Crippen molar-refractivity contribution in [3.8, 4) is 5.75 Å². The maximum atomic E-state index is 14.4. The van der Waals surface area contributed by atoms with E-state index in [4.69, 9.17) is 27.9 Å². The number of fused-ring (bicyclic) bond motifs is 1. The fourth-order valence-electron chi connectivity index (χ4n) is 3.93. The Morgan fingerprint density at radius 3 is 2.35 bits per heavy atom. The third-order valence-corrected chi connectivity index (χ3v) is 6.13. The quantitative estimate of drug-likeness (QED) is 0.398. The summed E-state index contributed by atoms with van der Waals surface area (Å²) < 4.78 is 21.5. The Bertz CT molecular complexity index is 1120. The minimum Gasteiger partial charge on any atom is -0.508 e. The highest BCUT2D eigenvalue weighted by Gasteiger charge is 2.44. The van der Waals surface area contributed by atoms with Gasteiger partial charge in [0.2, 0.25) is 0 Å². The molecule has 0 spiro atoms. The third kappa shape index (κ3) is 3.89. The Hall–Kier alpha value is -1.91. The number of phenolic OH excluding ortho intramolecular Hbond substituents is 1. The molecular weight excluding hydrogens is 452 g/mol. The summed E-state index contributed by atoms with van der Waals surface area (Å²) in [5, 5.41) is 50.9. The zero-order chi connectivity index (χ0) is 22.4. The second-order valence-corrected chi connectivity index (χ2v) is 8.30. The Morgan fingerprint density at radius 1 is 0.968 bits per heavy atom. The number of rotatable bonds is 4. The first-order chi connectivity index (χ1) is 14.7. The van der Waals surface area contributed by atoms with Crippen LogP contribution in [0.5, 0.6) is 5.75 Å². The predicted molar refractivity (Wildman–Crippen MR) is 112 cm³/mol. The first kappa shape index (κ1) is 22.3. The zero-order valence-corrected chi connectivity index (χ0v) is 17.5. The average molecular weight is 472 g/mol. The van der Waals surface area contributed by atoms with E-state index in [1.54, 1.807) is 18.3 Å². The van der Waals surface area contributed by atoms with Gasteiger partial charge in [0.05, 0.1) is 22.2 Å². The highest BCUT2D eigenvalue weighted by Crippen LogP contribution is 2.40. The highest BCUT2D eigenvalue weighted by atomic mass is 35.5. The van der Waals surface area contributed by atoms with Gasteiger partial charge in [0.25, 0.3) is 0 Å². The van der Waals surface area contributed by atoms with Gasteiger partial charge >= 0.3 is 0 Å². The molecule has 1 fully saturated rings. The molecule has 4 rings (SSSR count). The fourth-order valence-corrected chi connectivity index (χ4v) is 4.46. The van der Waals surface area contributed by atoms with Crippen LogP contribution in [-0.2, 0) is 11.2 Å². The summed E-state index contributed by atoms with van der Waals surface area (Å²) in [6.45, 7) is -0.583. The molecule has 5 N–H and O–H groups in total. The molecule has 166 valence electrons. The molecule has 7 nitrogen and oxygen atoms in total. The zero-order valence-electron chi connectivity index (χ0n) is 16.0. The van der Waals surface area contributed by atoms with Gasteiger partial charge in [-0.15, -0.1) is 0 Å². The summed E-state index contributed by atoms with van der Waals surface area (Å²) in [4.78, 5) is 0. The van der Waals surface area contributed by atoms with Crippen molar-refractivity contribution in [1.82, 2.24) is 4.57 Å². The number of phenols is 1. The van der Waals surface area contributed by atoms with Crippen LogP contribution in [-0.4, -0.2) is 61.1 Å². The lowest BCUT2D eigenvalue weighted by Gasteiger charge is -2.40. The summed E-state index contributed by atoms with van der Waals surface area (Å²) in [6, 6.07) is 6.95. The fraction of sp³-hybridized carbons (Fsp3) is 0.333. The van der Waals surface area contributed by atoms with Crippen LogP contribution in [0.1, 0.15) is 17.4 Å². The lowest BCUT2D eigenvalue weighted by atomic mass is 9.98. The van der Waals surface area contributed by atoms with Crippen molar-refractivity contribution in [1.29, 1.82) is 0 Å². The minimum absolute atomic E-state index is 0.0904. The Labute approximate surface area is 186 Å². The molecule has 0 aliphatic carbocycles. The summed E-state index contributed by atoms with van der Waals surface area (Å²) in [7, 11) is 0. The number of nitrogens with zero attached hydrogens (tertiary/aromatic N) is 1. The van der Waals surface area contributed by atoms with Crippen LogP contribution < -0.4 is 0 Å². The number of aliphatic hydroxyl groups excluding tert-OH is 4. The van der Waals surface area contributed by atoms with Gasteiger partial charge in [-0.1, -0.05) is 29.3 Å². The Morgan fingerprint density at radius 2 is 1.68 bits per heavy atom. The molecule has 0 saturated carbocycles. The predicted octanol–water partition coefficient (Wildman–Crippen LogP) is 2.36. The summed E-state index contributed by atoms with van der Waals surface area (Å²) in [5.41, 5.74) is 1.23. The highest BCUT2D eigenvalue weighted by molar-refractivity contribution is 6.40.